The molecule has 0 aliphatic heterocycles. The first-order chi connectivity index (χ1) is 9.58. The van der Waals surface area contributed by atoms with E-state index in [-0.39, 0.29) is 12.5 Å². The van der Waals surface area contributed by atoms with Crippen LogP contribution in [-0.4, -0.2) is 36.0 Å². The van der Waals surface area contributed by atoms with Gasteiger partial charge in [-0.3, -0.25) is 14.4 Å². The Labute approximate surface area is 117 Å². The molecule has 0 spiro atoms. The van der Waals surface area contributed by atoms with E-state index in [1.165, 1.54) is 5.56 Å². The van der Waals surface area contributed by atoms with Crippen molar-refractivity contribution in [2.45, 2.75) is 19.3 Å². The van der Waals surface area contributed by atoms with Crippen LogP contribution in [0.15, 0.2) is 30.3 Å². The molecule has 1 rings (SSSR count). The second kappa shape index (κ2) is 8.68. The zero-order valence-corrected chi connectivity index (χ0v) is 11.1. The number of aliphatic carboxylic acids is 1. The number of nitrogens with one attached hydrogen (secondary N) is 2. The van der Waals surface area contributed by atoms with Crippen molar-refractivity contribution in [1.29, 1.82) is 0 Å². The summed E-state index contributed by atoms with van der Waals surface area (Å²) in [6.45, 7) is -0.639. The summed E-state index contributed by atoms with van der Waals surface area (Å²) < 4.78 is 0. The highest BCUT2D eigenvalue weighted by Crippen LogP contribution is 2.04. The average molecular weight is 278 g/mol. The second-order valence-electron chi connectivity index (χ2n) is 4.29. The third-order valence-corrected chi connectivity index (χ3v) is 2.60. The lowest BCUT2D eigenvalue weighted by Crippen LogP contribution is -2.38. The van der Waals surface area contributed by atoms with Gasteiger partial charge in [-0.1, -0.05) is 30.3 Å². The molecule has 2 amide bonds. The van der Waals surface area contributed by atoms with Crippen LogP contribution in [0.4, 0.5) is 0 Å². The topological polar surface area (TPSA) is 95.5 Å². The number of rotatable bonds is 8. The van der Waals surface area contributed by atoms with Gasteiger partial charge in [0.25, 0.3) is 0 Å². The van der Waals surface area contributed by atoms with Gasteiger partial charge in [-0.15, -0.1) is 0 Å². The van der Waals surface area contributed by atoms with Crippen LogP contribution < -0.4 is 10.6 Å². The molecule has 0 aromatic heterocycles. The van der Waals surface area contributed by atoms with Crippen molar-refractivity contribution in [2.75, 3.05) is 13.1 Å². The van der Waals surface area contributed by atoms with E-state index in [1.807, 2.05) is 30.3 Å². The molecule has 3 N–H and O–H groups in total. The molecule has 0 saturated heterocycles. The van der Waals surface area contributed by atoms with Gasteiger partial charge < -0.3 is 15.7 Å². The number of carboxylic acid groups (broad SMARTS) is 1. The van der Waals surface area contributed by atoms with Crippen LogP contribution in [0, 0.1) is 0 Å². The molecule has 6 heteroatoms. The van der Waals surface area contributed by atoms with Crippen molar-refractivity contribution in [3.05, 3.63) is 35.9 Å². The number of amides is 2. The molecule has 0 atom stereocenters. The fraction of sp³-hybridized carbons (Fsp3) is 0.357. The Bertz CT molecular complexity index is 460. The van der Waals surface area contributed by atoms with Gasteiger partial charge in [-0.25, -0.2) is 0 Å². The molecule has 0 aliphatic rings. The highest BCUT2D eigenvalue weighted by molar-refractivity contribution is 5.86. The molecule has 0 fully saturated rings. The van der Waals surface area contributed by atoms with Gasteiger partial charge in [-0.2, -0.15) is 0 Å². The molecule has 1 aromatic carbocycles. The van der Waals surface area contributed by atoms with Crippen molar-refractivity contribution in [3.8, 4) is 0 Å². The quantitative estimate of drug-likeness (QED) is 0.638. The van der Waals surface area contributed by atoms with Gasteiger partial charge >= 0.3 is 5.97 Å². The Morgan fingerprint density at radius 3 is 2.25 bits per heavy atom. The van der Waals surface area contributed by atoms with Crippen molar-refractivity contribution in [1.82, 2.24) is 10.6 Å². The Hall–Kier alpha value is -2.37. The fourth-order valence-electron chi connectivity index (χ4n) is 1.60. The van der Waals surface area contributed by atoms with Gasteiger partial charge in [-0.05, 0) is 18.4 Å². The van der Waals surface area contributed by atoms with E-state index in [0.717, 1.165) is 6.42 Å². The first-order valence-corrected chi connectivity index (χ1v) is 6.37. The van der Waals surface area contributed by atoms with E-state index < -0.39 is 18.4 Å². The maximum absolute atomic E-state index is 11.5. The number of benzene rings is 1. The molecule has 6 nitrogen and oxygen atoms in total. The Morgan fingerprint density at radius 1 is 0.950 bits per heavy atom. The van der Waals surface area contributed by atoms with Gasteiger partial charge in [0.1, 0.15) is 6.54 Å². The van der Waals surface area contributed by atoms with E-state index in [0.29, 0.717) is 12.8 Å². The minimum atomic E-state index is -1.12. The third kappa shape index (κ3) is 7.15. The SMILES string of the molecule is O=C(O)CNC(=O)CNC(=O)CCCc1ccccc1. The summed E-state index contributed by atoms with van der Waals surface area (Å²) >= 11 is 0. The first-order valence-electron chi connectivity index (χ1n) is 6.37. The Kier molecular flexibility index (Phi) is 6.81. The van der Waals surface area contributed by atoms with E-state index in [2.05, 4.69) is 10.6 Å². The average Bonchev–Trinajstić information content (AvgIpc) is 2.44. The number of carbonyl (C=O) groups is 3. The predicted molar refractivity (Wildman–Crippen MR) is 73.0 cm³/mol. The highest BCUT2D eigenvalue weighted by Gasteiger charge is 2.06. The van der Waals surface area contributed by atoms with Crippen LogP contribution in [0.25, 0.3) is 0 Å². The Morgan fingerprint density at radius 2 is 1.60 bits per heavy atom. The van der Waals surface area contributed by atoms with Gasteiger partial charge in [0.15, 0.2) is 0 Å². The minimum absolute atomic E-state index is 0.197. The smallest absolute Gasteiger partial charge is 0.322 e. The second-order valence-corrected chi connectivity index (χ2v) is 4.29. The van der Waals surface area contributed by atoms with Crippen molar-refractivity contribution in [2.24, 2.45) is 0 Å². The monoisotopic (exact) mass is 278 g/mol. The first kappa shape index (κ1) is 15.7. The summed E-state index contributed by atoms with van der Waals surface area (Å²) in [7, 11) is 0. The largest absolute Gasteiger partial charge is 0.480 e. The number of hydrogen-bond acceptors (Lipinski definition) is 3. The lowest BCUT2D eigenvalue weighted by molar-refractivity contribution is -0.137. The normalized spacial score (nSPS) is 9.80. The van der Waals surface area contributed by atoms with Crippen LogP contribution in [0.3, 0.4) is 0 Å². The maximum Gasteiger partial charge on any atom is 0.322 e. The Balaban J connectivity index is 2.11. The van der Waals surface area contributed by atoms with E-state index in [9.17, 15) is 14.4 Å². The van der Waals surface area contributed by atoms with Gasteiger partial charge in [0, 0.05) is 6.42 Å². The molecular formula is C14H18N2O4. The molecule has 0 radical (unpaired) electrons. The van der Waals surface area contributed by atoms with Gasteiger partial charge in [0.2, 0.25) is 11.8 Å². The molecule has 0 unspecified atom stereocenters. The standard InChI is InChI=1S/C14H18N2O4/c17-12(15-9-13(18)16-10-14(19)20)8-4-7-11-5-2-1-3-6-11/h1-3,5-6H,4,7-10H2,(H,15,17)(H,16,18)(H,19,20). The van der Waals surface area contributed by atoms with Crippen molar-refractivity contribution < 1.29 is 19.5 Å². The highest BCUT2D eigenvalue weighted by atomic mass is 16.4. The zero-order chi connectivity index (χ0) is 14.8. The summed E-state index contributed by atoms with van der Waals surface area (Å²) in [5, 5.41) is 13.0. The molecular weight excluding hydrogens is 260 g/mol. The van der Waals surface area contributed by atoms with E-state index in [4.69, 9.17) is 5.11 Å². The predicted octanol–water partition coefficient (Wildman–Crippen LogP) is 0.326. The van der Waals surface area contributed by atoms with Crippen LogP contribution in [0.5, 0.6) is 0 Å². The molecule has 1 aromatic rings. The molecule has 20 heavy (non-hydrogen) atoms. The summed E-state index contributed by atoms with van der Waals surface area (Å²) in [4.78, 5) is 32.8. The molecule has 0 bridgehead atoms. The number of aryl methyl sites for hydroxylation is 1. The summed E-state index contributed by atoms with van der Waals surface area (Å²) in [5.74, 6) is -1.84. The maximum atomic E-state index is 11.5. The summed E-state index contributed by atoms with van der Waals surface area (Å²) in [6, 6.07) is 9.82. The van der Waals surface area contributed by atoms with E-state index in [1.54, 1.807) is 0 Å². The third-order valence-electron chi connectivity index (χ3n) is 2.60. The van der Waals surface area contributed by atoms with Crippen LogP contribution >= 0.6 is 0 Å². The summed E-state index contributed by atoms with van der Waals surface area (Å²) in [5.41, 5.74) is 1.17. The molecule has 0 saturated carbocycles. The molecule has 108 valence electrons. The van der Waals surface area contributed by atoms with Crippen LogP contribution in [-0.2, 0) is 20.8 Å². The van der Waals surface area contributed by atoms with Crippen molar-refractivity contribution in [3.63, 3.8) is 0 Å². The van der Waals surface area contributed by atoms with Crippen molar-refractivity contribution >= 4 is 17.8 Å². The lowest BCUT2D eigenvalue weighted by atomic mass is 10.1. The number of carboxylic acids is 1. The minimum Gasteiger partial charge on any atom is -0.480 e. The van der Waals surface area contributed by atoms with Crippen LogP contribution in [0.2, 0.25) is 0 Å². The van der Waals surface area contributed by atoms with E-state index >= 15 is 0 Å². The zero-order valence-electron chi connectivity index (χ0n) is 11.1. The number of carbonyl (C=O) groups excluding carboxylic acids is 2. The molecule has 0 heterocycles. The summed E-state index contributed by atoms with van der Waals surface area (Å²) in [6.07, 6.45) is 1.84. The fourth-order valence-corrected chi connectivity index (χ4v) is 1.60. The number of hydrogen-bond donors (Lipinski definition) is 3. The van der Waals surface area contributed by atoms with Crippen LogP contribution in [0.1, 0.15) is 18.4 Å². The van der Waals surface area contributed by atoms with Gasteiger partial charge in [0.05, 0.1) is 6.54 Å². The molecule has 0 aliphatic carbocycles. The lowest BCUT2D eigenvalue weighted by Gasteiger charge is -2.05.